The molecule has 2 aromatic heterocycles. The number of hydrogen-bond acceptors (Lipinski definition) is 7. The molecule has 22 heavy (non-hydrogen) atoms. The highest BCUT2D eigenvalue weighted by molar-refractivity contribution is 7.59. The number of aromatic nitrogens is 1. The van der Waals surface area contributed by atoms with Crippen LogP contribution in [0.4, 0.5) is 5.13 Å². The number of furan rings is 1. The van der Waals surface area contributed by atoms with Crippen molar-refractivity contribution in [3.8, 4) is 11.5 Å². The van der Waals surface area contributed by atoms with Crippen LogP contribution in [0.5, 0.6) is 0 Å². The van der Waals surface area contributed by atoms with Crippen molar-refractivity contribution in [1.82, 2.24) is 9.88 Å². The molecule has 0 unspecified atom stereocenters. The summed E-state index contributed by atoms with van der Waals surface area (Å²) in [6, 6.07) is 2.77. The van der Waals surface area contributed by atoms with Crippen LogP contribution in [0.15, 0.2) is 16.5 Å². The van der Waals surface area contributed by atoms with Gasteiger partial charge < -0.3 is 24.7 Å². The molecule has 1 fully saturated rings. The van der Waals surface area contributed by atoms with Gasteiger partial charge in [-0.3, -0.25) is 9.46 Å². The minimum atomic E-state index is -4.41. The van der Waals surface area contributed by atoms with E-state index in [0.29, 0.717) is 36.3 Å². The summed E-state index contributed by atoms with van der Waals surface area (Å²) < 4.78 is 21.8. The van der Waals surface area contributed by atoms with Crippen molar-refractivity contribution >= 4 is 29.6 Å². The van der Waals surface area contributed by atoms with E-state index in [9.17, 15) is 4.57 Å². The molecule has 1 aliphatic rings. The number of ether oxygens (including phenoxy) is 1. The zero-order chi connectivity index (χ0) is 15.7. The molecule has 10 heteroatoms. The fourth-order valence-electron chi connectivity index (χ4n) is 2.24. The Labute approximate surface area is 130 Å². The van der Waals surface area contributed by atoms with Gasteiger partial charge in [0.2, 0.25) is 5.50 Å². The van der Waals surface area contributed by atoms with Crippen LogP contribution in [0.25, 0.3) is 11.5 Å². The number of anilines is 1. The maximum atomic E-state index is 11.2. The Morgan fingerprint density at radius 1 is 1.36 bits per heavy atom. The lowest BCUT2D eigenvalue weighted by Gasteiger charge is -2.26. The Morgan fingerprint density at radius 3 is 2.73 bits per heavy atom. The van der Waals surface area contributed by atoms with Crippen LogP contribution >= 0.6 is 18.9 Å². The molecule has 8 nitrogen and oxygen atoms in total. The quantitative estimate of drug-likeness (QED) is 0.690. The van der Waals surface area contributed by atoms with E-state index >= 15 is 0 Å². The highest BCUT2D eigenvalue weighted by Gasteiger charge is 2.25. The molecule has 1 saturated heterocycles. The summed E-state index contributed by atoms with van der Waals surface area (Å²) in [7, 11) is -4.41. The molecule has 0 aliphatic carbocycles. The second kappa shape index (κ2) is 6.11. The van der Waals surface area contributed by atoms with Crippen LogP contribution in [0.2, 0.25) is 0 Å². The number of morpholine rings is 1. The van der Waals surface area contributed by atoms with Crippen molar-refractivity contribution in [2.45, 2.75) is 6.54 Å². The van der Waals surface area contributed by atoms with Gasteiger partial charge in [0.05, 0.1) is 18.1 Å². The summed E-state index contributed by atoms with van der Waals surface area (Å²) in [6.07, 6.45) is 0. The molecule has 4 N–H and O–H groups in total. The minimum Gasteiger partial charge on any atom is -0.446 e. The molecule has 0 spiro atoms. The minimum absolute atomic E-state index is 0.314. The lowest BCUT2D eigenvalue weighted by molar-refractivity contribution is 0.0346. The van der Waals surface area contributed by atoms with Crippen LogP contribution in [0.1, 0.15) is 4.88 Å². The third-order valence-electron chi connectivity index (χ3n) is 3.30. The smallest absolute Gasteiger partial charge is 0.391 e. The van der Waals surface area contributed by atoms with Crippen molar-refractivity contribution < 1.29 is 23.5 Å². The van der Waals surface area contributed by atoms with Crippen molar-refractivity contribution in [2.24, 2.45) is 0 Å². The lowest BCUT2D eigenvalue weighted by Crippen LogP contribution is -2.35. The number of thiazole rings is 1. The highest BCUT2D eigenvalue weighted by Crippen LogP contribution is 2.37. The second-order valence-electron chi connectivity index (χ2n) is 4.89. The monoisotopic (exact) mass is 345 g/mol. The standard InChI is InChI=1S/C12H16N3O5PS/c13-12-14-11(8-1-2-10(20-8)21(16,17)18)9(22-12)7-15-3-5-19-6-4-15/h1-2H,3-7H2,(H2,13,14)(H2,16,17,18). The van der Waals surface area contributed by atoms with Gasteiger partial charge in [-0.1, -0.05) is 0 Å². The molecule has 0 bridgehead atoms. The zero-order valence-corrected chi connectivity index (χ0v) is 13.3. The first-order chi connectivity index (χ1) is 10.4. The summed E-state index contributed by atoms with van der Waals surface area (Å²) in [6.45, 7) is 3.67. The summed E-state index contributed by atoms with van der Waals surface area (Å²) in [5.74, 6) is 0.314. The van der Waals surface area contributed by atoms with Gasteiger partial charge in [0, 0.05) is 19.6 Å². The molecule has 0 radical (unpaired) electrons. The van der Waals surface area contributed by atoms with Crippen LogP contribution < -0.4 is 11.2 Å². The average molecular weight is 345 g/mol. The third-order valence-corrected chi connectivity index (χ3v) is 4.98. The number of nitrogen functional groups attached to an aromatic ring is 1. The Bertz CT molecular complexity index is 703. The number of hydrogen-bond donors (Lipinski definition) is 3. The molecule has 0 aromatic carbocycles. The summed E-state index contributed by atoms with van der Waals surface area (Å²) >= 11 is 1.35. The van der Waals surface area contributed by atoms with Gasteiger partial charge in [-0.2, -0.15) is 0 Å². The normalized spacial score (nSPS) is 17.0. The maximum Gasteiger partial charge on any atom is 0.391 e. The molecule has 3 rings (SSSR count). The number of nitrogens with two attached hydrogens (primary N) is 1. The van der Waals surface area contributed by atoms with Crippen LogP contribution in [-0.4, -0.2) is 46.0 Å². The number of rotatable bonds is 4. The largest absolute Gasteiger partial charge is 0.446 e. The van der Waals surface area contributed by atoms with Gasteiger partial charge in [-0.05, 0) is 12.1 Å². The fourth-order valence-corrected chi connectivity index (χ4v) is 3.61. The molecule has 3 heterocycles. The Hall–Kier alpha value is -1.22. The first-order valence-corrected chi connectivity index (χ1v) is 9.08. The molecule has 0 saturated carbocycles. The van der Waals surface area contributed by atoms with Gasteiger partial charge >= 0.3 is 7.60 Å². The van der Waals surface area contributed by atoms with E-state index in [2.05, 4.69) is 9.88 Å². The Kier molecular flexibility index (Phi) is 4.35. The molecular weight excluding hydrogens is 329 g/mol. The van der Waals surface area contributed by atoms with Gasteiger partial charge in [0.15, 0.2) is 10.9 Å². The van der Waals surface area contributed by atoms with E-state index in [0.717, 1.165) is 18.0 Å². The first kappa shape index (κ1) is 15.7. The molecular formula is C12H16N3O5PS. The Balaban J connectivity index is 1.87. The van der Waals surface area contributed by atoms with Crippen molar-refractivity contribution in [3.63, 3.8) is 0 Å². The van der Waals surface area contributed by atoms with Gasteiger partial charge in [0.1, 0.15) is 5.69 Å². The van der Waals surface area contributed by atoms with Gasteiger partial charge in [-0.25, -0.2) is 4.98 Å². The third kappa shape index (κ3) is 3.40. The number of nitrogens with zero attached hydrogens (tertiary/aromatic N) is 2. The summed E-state index contributed by atoms with van der Waals surface area (Å²) in [4.78, 5) is 25.6. The van der Waals surface area contributed by atoms with Crippen LogP contribution in [-0.2, 0) is 15.8 Å². The predicted octanol–water partition coefficient (Wildman–Crippen LogP) is 0.621. The maximum absolute atomic E-state index is 11.2. The molecule has 120 valence electrons. The van der Waals surface area contributed by atoms with E-state index in [-0.39, 0.29) is 5.50 Å². The summed E-state index contributed by atoms with van der Waals surface area (Å²) in [5, 5.41) is 0.396. The fraction of sp³-hybridized carbons (Fsp3) is 0.417. The van der Waals surface area contributed by atoms with E-state index in [4.69, 9.17) is 24.7 Å². The zero-order valence-electron chi connectivity index (χ0n) is 11.6. The van der Waals surface area contributed by atoms with Crippen molar-refractivity contribution in [2.75, 3.05) is 32.0 Å². The van der Waals surface area contributed by atoms with Gasteiger partial charge in [0.25, 0.3) is 0 Å². The van der Waals surface area contributed by atoms with Crippen molar-refractivity contribution in [1.29, 1.82) is 0 Å². The molecule has 0 amide bonds. The van der Waals surface area contributed by atoms with E-state index in [1.54, 1.807) is 0 Å². The molecule has 1 aliphatic heterocycles. The Morgan fingerprint density at radius 2 is 2.09 bits per heavy atom. The van der Waals surface area contributed by atoms with E-state index in [1.165, 1.54) is 23.5 Å². The second-order valence-corrected chi connectivity index (χ2v) is 7.54. The molecule has 0 atom stereocenters. The van der Waals surface area contributed by atoms with Crippen molar-refractivity contribution in [3.05, 3.63) is 17.0 Å². The first-order valence-electron chi connectivity index (χ1n) is 6.65. The topological polar surface area (TPSA) is 122 Å². The molecule has 2 aromatic rings. The van der Waals surface area contributed by atoms with E-state index in [1.807, 2.05) is 0 Å². The predicted molar refractivity (Wildman–Crippen MR) is 82.0 cm³/mol. The SMILES string of the molecule is Nc1nc(-c2ccc(P(=O)(O)O)o2)c(CN2CCOCC2)s1. The lowest BCUT2D eigenvalue weighted by atomic mass is 10.2. The summed E-state index contributed by atoms with van der Waals surface area (Å²) in [5.41, 5.74) is 5.95. The van der Waals surface area contributed by atoms with Crippen LogP contribution in [0, 0.1) is 0 Å². The average Bonchev–Trinajstić information content (AvgIpc) is 3.06. The van der Waals surface area contributed by atoms with Gasteiger partial charge in [-0.15, -0.1) is 11.3 Å². The van der Waals surface area contributed by atoms with Crippen LogP contribution in [0.3, 0.4) is 0 Å². The highest BCUT2D eigenvalue weighted by atomic mass is 32.1. The van der Waals surface area contributed by atoms with E-state index < -0.39 is 7.60 Å².